The largest absolute Gasteiger partial charge is 0.364 e. The lowest BCUT2D eigenvalue weighted by Gasteiger charge is -2.05. The van der Waals surface area contributed by atoms with Gasteiger partial charge in [0, 0.05) is 29.1 Å². The lowest BCUT2D eigenvalue weighted by molar-refractivity contribution is 0.0996. The molecular weight excluding hydrogens is 274 g/mol. The molecule has 2 aromatic heterocycles. The average Bonchev–Trinajstić information content (AvgIpc) is 3.10. The SMILES string of the molecule is NC(=O)c1csc(Nc2ccc(-n3ccnc3)cc2)n1. The number of carbonyl (C=O) groups excluding carboxylic acids is 1. The van der Waals surface area contributed by atoms with Crippen molar-refractivity contribution in [2.45, 2.75) is 0 Å². The molecule has 2 heterocycles. The maximum atomic E-state index is 11.0. The van der Waals surface area contributed by atoms with Crippen molar-refractivity contribution < 1.29 is 4.79 Å². The fraction of sp³-hybridized carbons (Fsp3) is 0. The van der Waals surface area contributed by atoms with E-state index >= 15 is 0 Å². The van der Waals surface area contributed by atoms with Gasteiger partial charge >= 0.3 is 0 Å². The summed E-state index contributed by atoms with van der Waals surface area (Å²) in [5.74, 6) is -0.523. The Morgan fingerprint density at radius 1 is 1.30 bits per heavy atom. The Labute approximate surface area is 118 Å². The van der Waals surface area contributed by atoms with Crippen LogP contribution < -0.4 is 11.1 Å². The Hall–Kier alpha value is -2.67. The topological polar surface area (TPSA) is 85.8 Å². The van der Waals surface area contributed by atoms with Crippen LogP contribution in [0.1, 0.15) is 10.5 Å². The Balaban J connectivity index is 1.76. The van der Waals surface area contributed by atoms with E-state index in [1.165, 1.54) is 11.3 Å². The highest BCUT2D eigenvalue weighted by Gasteiger charge is 2.06. The van der Waals surface area contributed by atoms with Crippen LogP contribution in [0, 0.1) is 0 Å². The summed E-state index contributed by atoms with van der Waals surface area (Å²) in [6.45, 7) is 0. The number of hydrogen-bond acceptors (Lipinski definition) is 5. The van der Waals surface area contributed by atoms with Gasteiger partial charge in [-0.1, -0.05) is 0 Å². The summed E-state index contributed by atoms with van der Waals surface area (Å²) in [5, 5.41) is 5.39. The van der Waals surface area contributed by atoms with Gasteiger partial charge < -0.3 is 15.6 Å². The second-order valence-electron chi connectivity index (χ2n) is 4.04. The number of nitrogens with two attached hydrogens (primary N) is 1. The van der Waals surface area contributed by atoms with E-state index < -0.39 is 5.91 Å². The molecule has 6 nitrogen and oxygen atoms in total. The summed E-state index contributed by atoms with van der Waals surface area (Å²) in [6, 6.07) is 7.79. The van der Waals surface area contributed by atoms with E-state index in [0.29, 0.717) is 5.13 Å². The first-order valence-corrected chi connectivity index (χ1v) is 6.71. The lowest BCUT2D eigenvalue weighted by Crippen LogP contribution is -2.11. The van der Waals surface area contributed by atoms with E-state index in [9.17, 15) is 4.79 Å². The van der Waals surface area contributed by atoms with E-state index in [0.717, 1.165) is 11.4 Å². The van der Waals surface area contributed by atoms with E-state index in [-0.39, 0.29) is 5.69 Å². The molecule has 0 aliphatic rings. The second kappa shape index (κ2) is 5.14. The van der Waals surface area contributed by atoms with Crippen LogP contribution in [-0.4, -0.2) is 20.4 Å². The predicted octanol–water partition coefficient (Wildman–Crippen LogP) is 2.17. The number of aromatic nitrogens is 3. The third-order valence-corrected chi connectivity index (χ3v) is 3.44. The number of benzene rings is 1. The molecule has 0 aliphatic carbocycles. The Kier molecular flexibility index (Phi) is 3.18. The molecule has 3 rings (SSSR count). The number of anilines is 2. The first-order chi connectivity index (χ1) is 9.72. The number of hydrogen-bond donors (Lipinski definition) is 2. The van der Waals surface area contributed by atoms with Crippen LogP contribution in [-0.2, 0) is 0 Å². The van der Waals surface area contributed by atoms with Gasteiger partial charge in [0.15, 0.2) is 5.13 Å². The molecule has 0 bridgehead atoms. The van der Waals surface area contributed by atoms with Crippen LogP contribution >= 0.6 is 11.3 Å². The van der Waals surface area contributed by atoms with Crippen LogP contribution in [0.4, 0.5) is 10.8 Å². The molecule has 0 radical (unpaired) electrons. The molecule has 100 valence electrons. The lowest BCUT2D eigenvalue weighted by atomic mass is 10.3. The summed E-state index contributed by atoms with van der Waals surface area (Å²) in [4.78, 5) is 19.1. The number of carbonyl (C=O) groups is 1. The van der Waals surface area contributed by atoms with Crippen molar-refractivity contribution in [1.82, 2.24) is 14.5 Å². The molecule has 0 saturated carbocycles. The molecule has 1 amide bonds. The molecule has 0 fully saturated rings. The fourth-order valence-electron chi connectivity index (χ4n) is 1.70. The fourth-order valence-corrected chi connectivity index (χ4v) is 2.42. The number of rotatable bonds is 4. The first kappa shape index (κ1) is 12.4. The number of thiazole rings is 1. The molecule has 0 unspecified atom stereocenters. The summed E-state index contributed by atoms with van der Waals surface area (Å²) >= 11 is 1.34. The zero-order chi connectivity index (χ0) is 13.9. The van der Waals surface area contributed by atoms with Gasteiger partial charge in [0.2, 0.25) is 0 Å². The highest BCUT2D eigenvalue weighted by Crippen LogP contribution is 2.21. The van der Waals surface area contributed by atoms with Gasteiger partial charge in [-0.25, -0.2) is 9.97 Å². The molecule has 0 saturated heterocycles. The van der Waals surface area contributed by atoms with E-state index in [4.69, 9.17) is 5.73 Å². The Bertz CT molecular complexity index is 718. The molecule has 0 spiro atoms. The number of primary amides is 1. The van der Waals surface area contributed by atoms with Crippen LogP contribution in [0.5, 0.6) is 0 Å². The monoisotopic (exact) mass is 285 g/mol. The zero-order valence-corrected chi connectivity index (χ0v) is 11.2. The van der Waals surface area contributed by atoms with Gasteiger partial charge in [0.05, 0.1) is 6.33 Å². The molecule has 3 aromatic rings. The quantitative estimate of drug-likeness (QED) is 0.769. The molecule has 7 heteroatoms. The first-order valence-electron chi connectivity index (χ1n) is 5.83. The van der Waals surface area contributed by atoms with E-state index in [1.807, 2.05) is 35.0 Å². The minimum absolute atomic E-state index is 0.271. The van der Waals surface area contributed by atoms with Crippen LogP contribution in [0.15, 0.2) is 48.4 Å². The molecule has 1 aromatic carbocycles. The highest BCUT2D eigenvalue weighted by atomic mass is 32.1. The third-order valence-electron chi connectivity index (χ3n) is 2.68. The van der Waals surface area contributed by atoms with Crippen molar-refractivity contribution in [3.63, 3.8) is 0 Å². The van der Waals surface area contributed by atoms with Crippen LogP contribution in [0.3, 0.4) is 0 Å². The average molecular weight is 285 g/mol. The number of imidazole rings is 1. The molecule has 3 N–H and O–H groups in total. The van der Waals surface area contributed by atoms with Crippen molar-refractivity contribution in [3.05, 3.63) is 54.1 Å². The predicted molar refractivity (Wildman–Crippen MR) is 77.5 cm³/mol. The van der Waals surface area contributed by atoms with Gasteiger partial charge in [-0.15, -0.1) is 11.3 Å². The Morgan fingerprint density at radius 2 is 2.10 bits per heavy atom. The molecule has 20 heavy (non-hydrogen) atoms. The van der Waals surface area contributed by atoms with Gasteiger partial charge in [0.25, 0.3) is 5.91 Å². The standard InChI is InChI=1S/C13H11N5OS/c14-12(19)11-7-20-13(17-11)16-9-1-3-10(4-2-9)18-6-5-15-8-18/h1-8H,(H2,14,19)(H,16,17). The maximum absolute atomic E-state index is 11.0. The third kappa shape index (κ3) is 2.52. The zero-order valence-electron chi connectivity index (χ0n) is 10.4. The highest BCUT2D eigenvalue weighted by molar-refractivity contribution is 7.14. The van der Waals surface area contributed by atoms with Crippen LogP contribution in [0.2, 0.25) is 0 Å². The van der Waals surface area contributed by atoms with E-state index in [1.54, 1.807) is 17.9 Å². The summed E-state index contributed by atoms with van der Waals surface area (Å²) < 4.78 is 1.92. The minimum atomic E-state index is -0.523. The smallest absolute Gasteiger partial charge is 0.268 e. The summed E-state index contributed by atoms with van der Waals surface area (Å²) in [6.07, 6.45) is 5.35. The number of amides is 1. The van der Waals surface area contributed by atoms with Gasteiger partial charge in [-0.05, 0) is 24.3 Å². The van der Waals surface area contributed by atoms with E-state index in [2.05, 4.69) is 15.3 Å². The minimum Gasteiger partial charge on any atom is -0.364 e. The summed E-state index contributed by atoms with van der Waals surface area (Å²) in [5.41, 5.74) is 7.34. The van der Waals surface area contributed by atoms with Crippen molar-refractivity contribution >= 4 is 28.1 Å². The number of nitrogens with zero attached hydrogens (tertiary/aromatic N) is 3. The van der Waals surface area contributed by atoms with Crippen molar-refractivity contribution in [2.75, 3.05) is 5.32 Å². The van der Waals surface area contributed by atoms with Crippen molar-refractivity contribution in [3.8, 4) is 5.69 Å². The van der Waals surface area contributed by atoms with Gasteiger partial charge in [-0.3, -0.25) is 4.79 Å². The second-order valence-corrected chi connectivity index (χ2v) is 4.90. The normalized spacial score (nSPS) is 10.4. The molecular formula is C13H11N5OS. The number of nitrogens with one attached hydrogen (secondary N) is 1. The van der Waals surface area contributed by atoms with Crippen molar-refractivity contribution in [2.24, 2.45) is 5.73 Å². The van der Waals surface area contributed by atoms with Crippen LogP contribution in [0.25, 0.3) is 5.69 Å². The van der Waals surface area contributed by atoms with Gasteiger partial charge in [0.1, 0.15) is 5.69 Å². The van der Waals surface area contributed by atoms with Gasteiger partial charge in [-0.2, -0.15) is 0 Å². The summed E-state index contributed by atoms with van der Waals surface area (Å²) in [7, 11) is 0. The molecule has 0 aliphatic heterocycles. The Morgan fingerprint density at radius 3 is 2.70 bits per heavy atom. The maximum Gasteiger partial charge on any atom is 0.268 e. The molecule has 0 atom stereocenters. The van der Waals surface area contributed by atoms with Crippen molar-refractivity contribution in [1.29, 1.82) is 0 Å².